The SMILES string of the molecule is CC(C)Cc1ccc([C@H](C)NC(=O)CN2C[C@@H](C)OC[C@H]2C)cc1. The smallest absolute Gasteiger partial charge is 0.234 e. The van der Waals surface area contributed by atoms with Gasteiger partial charge in [0.15, 0.2) is 0 Å². The van der Waals surface area contributed by atoms with Gasteiger partial charge in [0, 0.05) is 12.6 Å². The van der Waals surface area contributed by atoms with Crippen molar-refractivity contribution in [1.82, 2.24) is 10.2 Å². The van der Waals surface area contributed by atoms with Crippen molar-refractivity contribution in [3.8, 4) is 0 Å². The van der Waals surface area contributed by atoms with Gasteiger partial charge in [-0.2, -0.15) is 0 Å². The zero-order valence-electron chi connectivity index (χ0n) is 15.7. The average molecular weight is 332 g/mol. The van der Waals surface area contributed by atoms with Crippen molar-refractivity contribution in [2.75, 3.05) is 19.7 Å². The predicted molar refractivity (Wildman–Crippen MR) is 98.0 cm³/mol. The molecule has 0 spiro atoms. The van der Waals surface area contributed by atoms with Crippen molar-refractivity contribution in [2.45, 2.75) is 59.2 Å². The van der Waals surface area contributed by atoms with Gasteiger partial charge in [-0.15, -0.1) is 0 Å². The van der Waals surface area contributed by atoms with Crippen LogP contribution in [0, 0.1) is 5.92 Å². The minimum Gasteiger partial charge on any atom is -0.376 e. The van der Waals surface area contributed by atoms with Crippen molar-refractivity contribution in [3.05, 3.63) is 35.4 Å². The third-order valence-corrected chi connectivity index (χ3v) is 4.58. The molecule has 2 rings (SSSR count). The highest BCUT2D eigenvalue weighted by Crippen LogP contribution is 2.16. The summed E-state index contributed by atoms with van der Waals surface area (Å²) in [7, 11) is 0. The Morgan fingerprint density at radius 2 is 1.92 bits per heavy atom. The quantitative estimate of drug-likeness (QED) is 0.870. The van der Waals surface area contributed by atoms with E-state index in [1.54, 1.807) is 0 Å². The molecule has 24 heavy (non-hydrogen) atoms. The van der Waals surface area contributed by atoms with E-state index in [0.717, 1.165) is 18.5 Å². The van der Waals surface area contributed by atoms with Crippen LogP contribution in [0.2, 0.25) is 0 Å². The first-order chi connectivity index (χ1) is 11.3. The third kappa shape index (κ3) is 5.60. The van der Waals surface area contributed by atoms with Crippen molar-refractivity contribution in [3.63, 3.8) is 0 Å². The first kappa shape index (κ1) is 18.9. The number of nitrogens with one attached hydrogen (secondary N) is 1. The highest BCUT2D eigenvalue weighted by Gasteiger charge is 2.25. The summed E-state index contributed by atoms with van der Waals surface area (Å²) >= 11 is 0. The molecule has 1 aromatic rings. The molecule has 1 amide bonds. The standard InChI is InChI=1S/C20H32N2O2/c1-14(2)10-18-6-8-19(9-7-18)17(5)21-20(23)12-22-11-16(4)24-13-15(22)3/h6-9,14-17H,10-13H2,1-5H3,(H,21,23)/t15-,16-,17+/m1/s1. The second kappa shape index (κ2) is 8.63. The molecule has 0 radical (unpaired) electrons. The fraction of sp³-hybridized carbons (Fsp3) is 0.650. The maximum atomic E-state index is 12.4. The van der Waals surface area contributed by atoms with E-state index in [0.29, 0.717) is 19.1 Å². The molecule has 1 aliphatic heterocycles. The molecule has 1 N–H and O–H groups in total. The van der Waals surface area contributed by atoms with Crippen LogP contribution in [-0.4, -0.2) is 42.6 Å². The molecule has 0 aliphatic carbocycles. The van der Waals surface area contributed by atoms with Gasteiger partial charge in [0.1, 0.15) is 0 Å². The zero-order chi connectivity index (χ0) is 17.7. The molecule has 4 heteroatoms. The first-order valence-corrected chi connectivity index (χ1v) is 9.09. The Morgan fingerprint density at radius 1 is 1.25 bits per heavy atom. The summed E-state index contributed by atoms with van der Waals surface area (Å²) in [5.74, 6) is 0.737. The van der Waals surface area contributed by atoms with Crippen LogP contribution in [0.4, 0.5) is 0 Å². The van der Waals surface area contributed by atoms with Crippen LogP contribution in [0.5, 0.6) is 0 Å². The molecule has 0 unspecified atom stereocenters. The van der Waals surface area contributed by atoms with Crippen LogP contribution >= 0.6 is 0 Å². The van der Waals surface area contributed by atoms with Crippen molar-refractivity contribution in [2.24, 2.45) is 5.92 Å². The van der Waals surface area contributed by atoms with Crippen LogP contribution < -0.4 is 5.32 Å². The zero-order valence-corrected chi connectivity index (χ0v) is 15.7. The highest BCUT2D eigenvalue weighted by atomic mass is 16.5. The molecular weight excluding hydrogens is 300 g/mol. The topological polar surface area (TPSA) is 41.6 Å². The largest absolute Gasteiger partial charge is 0.376 e. The summed E-state index contributed by atoms with van der Waals surface area (Å²) in [6, 6.07) is 8.91. The number of hydrogen-bond acceptors (Lipinski definition) is 3. The normalized spacial score (nSPS) is 23.2. The lowest BCUT2D eigenvalue weighted by Crippen LogP contribution is -2.51. The first-order valence-electron chi connectivity index (χ1n) is 9.09. The van der Waals surface area contributed by atoms with E-state index in [-0.39, 0.29) is 24.1 Å². The van der Waals surface area contributed by atoms with Crippen LogP contribution in [0.1, 0.15) is 51.8 Å². The Labute approximate surface area is 146 Å². The van der Waals surface area contributed by atoms with E-state index in [2.05, 4.69) is 62.2 Å². The number of amides is 1. The minimum atomic E-state index is 0.0272. The van der Waals surface area contributed by atoms with Crippen molar-refractivity contribution < 1.29 is 9.53 Å². The summed E-state index contributed by atoms with van der Waals surface area (Å²) in [5.41, 5.74) is 2.50. The number of morpholine rings is 1. The molecule has 1 aliphatic rings. The van der Waals surface area contributed by atoms with Crippen LogP contribution in [0.25, 0.3) is 0 Å². The number of carbonyl (C=O) groups is 1. The van der Waals surface area contributed by atoms with E-state index < -0.39 is 0 Å². The molecule has 1 saturated heterocycles. The van der Waals surface area contributed by atoms with Crippen LogP contribution in [0.3, 0.4) is 0 Å². The number of hydrogen-bond donors (Lipinski definition) is 1. The fourth-order valence-electron chi connectivity index (χ4n) is 3.16. The number of carbonyl (C=O) groups excluding carboxylic acids is 1. The van der Waals surface area contributed by atoms with E-state index in [4.69, 9.17) is 4.74 Å². The molecule has 4 nitrogen and oxygen atoms in total. The molecule has 0 bridgehead atoms. The molecule has 134 valence electrons. The van der Waals surface area contributed by atoms with Gasteiger partial charge in [-0.1, -0.05) is 38.1 Å². The molecule has 0 aromatic heterocycles. The lowest BCUT2D eigenvalue weighted by atomic mass is 10.00. The Balaban J connectivity index is 1.86. The number of ether oxygens (including phenoxy) is 1. The number of rotatable bonds is 6. The van der Waals surface area contributed by atoms with Gasteiger partial charge >= 0.3 is 0 Å². The summed E-state index contributed by atoms with van der Waals surface area (Å²) < 4.78 is 5.62. The van der Waals surface area contributed by atoms with E-state index in [9.17, 15) is 4.79 Å². The van der Waals surface area contributed by atoms with Gasteiger partial charge in [-0.25, -0.2) is 0 Å². The van der Waals surface area contributed by atoms with Crippen molar-refractivity contribution in [1.29, 1.82) is 0 Å². The molecule has 1 fully saturated rings. The van der Waals surface area contributed by atoms with Crippen molar-refractivity contribution >= 4 is 5.91 Å². The molecule has 3 atom stereocenters. The summed E-state index contributed by atoms with van der Waals surface area (Å²) in [5, 5.41) is 3.12. The van der Waals surface area contributed by atoms with Crippen LogP contribution in [-0.2, 0) is 16.0 Å². The molecular formula is C20H32N2O2. The highest BCUT2D eigenvalue weighted by molar-refractivity contribution is 5.78. The Morgan fingerprint density at radius 3 is 2.54 bits per heavy atom. The van der Waals surface area contributed by atoms with E-state index >= 15 is 0 Å². The second-order valence-electron chi connectivity index (χ2n) is 7.55. The van der Waals surface area contributed by atoms with Crippen LogP contribution in [0.15, 0.2) is 24.3 Å². The maximum Gasteiger partial charge on any atom is 0.234 e. The predicted octanol–water partition coefficient (Wildman–Crippen LogP) is 3.17. The lowest BCUT2D eigenvalue weighted by molar-refractivity contribution is -0.126. The lowest BCUT2D eigenvalue weighted by Gasteiger charge is -2.36. The Kier molecular flexibility index (Phi) is 6.81. The summed E-state index contributed by atoms with van der Waals surface area (Å²) in [6.45, 7) is 12.6. The summed E-state index contributed by atoms with van der Waals surface area (Å²) in [6.07, 6.45) is 1.29. The van der Waals surface area contributed by atoms with Gasteiger partial charge in [0.05, 0.1) is 25.3 Å². The van der Waals surface area contributed by atoms with Gasteiger partial charge in [0.25, 0.3) is 0 Å². The second-order valence-corrected chi connectivity index (χ2v) is 7.55. The Hall–Kier alpha value is -1.39. The molecule has 1 aromatic carbocycles. The Bertz CT molecular complexity index is 527. The average Bonchev–Trinajstić information content (AvgIpc) is 2.51. The fourth-order valence-corrected chi connectivity index (χ4v) is 3.16. The maximum absolute atomic E-state index is 12.4. The van der Waals surface area contributed by atoms with Gasteiger partial charge < -0.3 is 10.1 Å². The van der Waals surface area contributed by atoms with Gasteiger partial charge in [-0.3, -0.25) is 9.69 Å². The van der Waals surface area contributed by atoms with E-state index in [1.807, 2.05) is 6.92 Å². The van der Waals surface area contributed by atoms with Gasteiger partial charge in [0.2, 0.25) is 5.91 Å². The molecule has 1 heterocycles. The minimum absolute atomic E-state index is 0.0272. The van der Waals surface area contributed by atoms with E-state index in [1.165, 1.54) is 5.56 Å². The molecule has 0 saturated carbocycles. The third-order valence-electron chi connectivity index (χ3n) is 4.58. The summed E-state index contributed by atoms with van der Waals surface area (Å²) in [4.78, 5) is 14.6. The monoisotopic (exact) mass is 332 g/mol. The number of nitrogens with zero attached hydrogens (tertiary/aromatic N) is 1. The number of benzene rings is 1. The van der Waals surface area contributed by atoms with Gasteiger partial charge in [-0.05, 0) is 44.2 Å².